The number of benzene rings is 2. The Morgan fingerprint density at radius 1 is 1.07 bits per heavy atom. The van der Waals surface area contributed by atoms with Crippen LogP contribution >= 0.6 is 11.6 Å². The number of hydrogen-bond donors (Lipinski definition) is 2. The van der Waals surface area contributed by atoms with Crippen LogP contribution in [0.4, 0.5) is 5.69 Å². The average molecular weight is 404 g/mol. The molecule has 0 aliphatic carbocycles. The molecule has 0 saturated heterocycles. The van der Waals surface area contributed by atoms with Crippen LogP contribution in [0.1, 0.15) is 23.7 Å². The first-order valence-electron chi connectivity index (χ1n) is 9.10. The molecule has 1 unspecified atom stereocenters. The molecular formula is C21H26ClN3O3. The summed E-state index contributed by atoms with van der Waals surface area (Å²) in [7, 11) is 4.05. The predicted molar refractivity (Wildman–Crippen MR) is 112 cm³/mol. The molecule has 0 spiro atoms. The second kappa shape index (κ2) is 10.7. The van der Waals surface area contributed by atoms with E-state index < -0.39 is 6.04 Å². The molecule has 2 rings (SSSR count). The third-order valence-electron chi connectivity index (χ3n) is 3.99. The van der Waals surface area contributed by atoms with Gasteiger partial charge in [-0.15, -0.1) is 0 Å². The van der Waals surface area contributed by atoms with Gasteiger partial charge in [0.25, 0.3) is 5.91 Å². The van der Waals surface area contributed by atoms with Crippen molar-refractivity contribution in [2.75, 3.05) is 32.6 Å². The Bertz CT molecular complexity index is 776. The summed E-state index contributed by atoms with van der Waals surface area (Å²) in [4.78, 5) is 26.6. The van der Waals surface area contributed by atoms with Crippen LogP contribution in [-0.4, -0.2) is 50.0 Å². The highest BCUT2D eigenvalue weighted by atomic mass is 35.5. The molecule has 0 radical (unpaired) electrons. The van der Waals surface area contributed by atoms with Crippen molar-refractivity contribution in [1.29, 1.82) is 0 Å². The van der Waals surface area contributed by atoms with E-state index in [2.05, 4.69) is 15.5 Å². The van der Waals surface area contributed by atoms with Crippen LogP contribution in [0.15, 0.2) is 48.5 Å². The van der Waals surface area contributed by atoms with Gasteiger partial charge in [-0.2, -0.15) is 0 Å². The molecule has 0 aliphatic heterocycles. The van der Waals surface area contributed by atoms with Gasteiger partial charge in [0.1, 0.15) is 11.8 Å². The maximum absolute atomic E-state index is 12.3. The van der Waals surface area contributed by atoms with Crippen LogP contribution in [-0.2, 0) is 4.79 Å². The quantitative estimate of drug-likeness (QED) is 0.629. The Morgan fingerprint density at radius 3 is 2.32 bits per heavy atom. The Hall–Kier alpha value is -2.57. The van der Waals surface area contributed by atoms with Crippen molar-refractivity contribution in [3.8, 4) is 5.75 Å². The fourth-order valence-electron chi connectivity index (χ4n) is 2.40. The van der Waals surface area contributed by atoms with Crippen molar-refractivity contribution >= 4 is 29.1 Å². The van der Waals surface area contributed by atoms with Crippen LogP contribution in [0, 0.1) is 0 Å². The molecule has 2 N–H and O–H groups in total. The Labute approximate surface area is 170 Å². The highest BCUT2D eigenvalue weighted by molar-refractivity contribution is 6.30. The number of halogens is 1. The summed E-state index contributed by atoms with van der Waals surface area (Å²) in [5.41, 5.74) is 1.08. The molecule has 0 bridgehead atoms. The van der Waals surface area contributed by atoms with Crippen LogP contribution in [0.3, 0.4) is 0 Å². The van der Waals surface area contributed by atoms with E-state index in [1.165, 1.54) is 0 Å². The Kier molecular flexibility index (Phi) is 8.29. The van der Waals surface area contributed by atoms with E-state index in [4.69, 9.17) is 16.3 Å². The van der Waals surface area contributed by atoms with Gasteiger partial charge in [0.05, 0.1) is 6.61 Å². The number of carbonyl (C=O) groups is 2. The maximum Gasteiger partial charge on any atom is 0.251 e. The van der Waals surface area contributed by atoms with Crippen molar-refractivity contribution in [2.24, 2.45) is 0 Å². The minimum Gasteiger partial charge on any atom is -0.494 e. The summed E-state index contributed by atoms with van der Waals surface area (Å²) in [6.45, 7) is 3.23. The van der Waals surface area contributed by atoms with E-state index in [-0.39, 0.29) is 11.8 Å². The van der Waals surface area contributed by atoms with Gasteiger partial charge in [0.15, 0.2) is 0 Å². The average Bonchev–Trinajstić information content (AvgIpc) is 2.66. The molecule has 150 valence electrons. The number of nitrogens with zero attached hydrogens (tertiary/aromatic N) is 1. The third kappa shape index (κ3) is 7.21. The SMILES string of the molecule is CC(NC(=O)c1ccc(Cl)cc1)C(=O)Nc1ccc(OCCCN(C)C)cc1. The Balaban J connectivity index is 1.81. The fourth-order valence-corrected chi connectivity index (χ4v) is 2.53. The van der Waals surface area contributed by atoms with E-state index in [0.29, 0.717) is 22.9 Å². The first-order valence-corrected chi connectivity index (χ1v) is 9.48. The Morgan fingerprint density at radius 2 is 1.71 bits per heavy atom. The maximum atomic E-state index is 12.3. The first-order chi connectivity index (χ1) is 13.3. The molecule has 7 heteroatoms. The number of anilines is 1. The zero-order chi connectivity index (χ0) is 20.5. The molecule has 2 amide bonds. The molecule has 2 aromatic rings. The molecule has 6 nitrogen and oxygen atoms in total. The second-order valence-electron chi connectivity index (χ2n) is 6.72. The van der Waals surface area contributed by atoms with Gasteiger partial charge in [-0.1, -0.05) is 11.6 Å². The lowest BCUT2D eigenvalue weighted by Crippen LogP contribution is -2.41. The van der Waals surface area contributed by atoms with E-state index in [0.717, 1.165) is 18.7 Å². The van der Waals surface area contributed by atoms with Gasteiger partial charge in [-0.3, -0.25) is 9.59 Å². The molecule has 0 saturated carbocycles. The van der Waals surface area contributed by atoms with Crippen molar-refractivity contribution in [3.05, 3.63) is 59.1 Å². The highest BCUT2D eigenvalue weighted by Gasteiger charge is 2.16. The van der Waals surface area contributed by atoms with Gasteiger partial charge in [0.2, 0.25) is 5.91 Å². The van der Waals surface area contributed by atoms with Gasteiger partial charge in [-0.25, -0.2) is 0 Å². The summed E-state index contributed by atoms with van der Waals surface area (Å²) < 4.78 is 5.67. The summed E-state index contributed by atoms with van der Waals surface area (Å²) in [5, 5.41) is 6.00. The number of ether oxygens (including phenoxy) is 1. The number of nitrogens with one attached hydrogen (secondary N) is 2. The highest BCUT2D eigenvalue weighted by Crippen LogP contribution is 2.16. The van der Waals surface area contributed by atoms with Gasteiger partial charge in [0, 0.05) is 22.8 Å². The standard InChI is InChI=1S/C21H26ClN3O3/c1-15(23-21(27)16-5-7-17(22)8-6-16)20(26)24-18-9-11-19(12-10-18)28-14-4-13-25(2)3/h5-12,15H,4,13-14H2,1-3H3,(H,23,27)(H,24,26). The topological polar surface area (TPSA) is 70.7 Å². The molecule has 0 heterocycles. The minimum atomic E-state index is -0.690. The molecular weight excluding hydrogens is 378 g/mol. The predicted octanol–water partition coefficient (Wildman–Crippen LogP) is 3.43. The summed E-state index contributed by atoms with van der Waals surface area (Å²) in [5.74, 6) is 0.114. The van der Waals surface area contributed by atoms with E-state index >= 15 is 0 Å². The van der Waals surface area contributed by atoms with Crippen molar-refractivity contribution in [2.45, 2.75) is 19.4 Å². The van der Waals surface area contributed by atoms with Crippen LogP contribution in [0.2, 0.25) is 5.02 Å². The zero-order valence-corrected chi connectivity index (χ0v) is 17.1. The number of hydrogen-bond acceptors (Lipinski definition) is 4. The number of carbonyl (C=O) groups excluding carboxylic acids is 2. The summed E-state index contributed by atoms with van der Waals surface area (Å²) >= 11 is 5.82. The van der Waals surface area contributed by atoms with E-state index in [1.54, 1.807) is 43.3 Å². The van der Waals surface area contributed by atoms with Gasteiger partial charge < -0.3 is 20.3 Å². The molecule has 1 atom stereocenters. The summed E-state index contributed by atoms with van der Waals surface area (Å²) in [6, 6.07) is 12.9. The zero-order valence-electron chi connectivity index (χ0n) is 16.4. The normalized spacial score (nSPS) is 11.8. The fraction of sp³-hybridized carbons (Fsp3) is 0.333. The largest absolute Gasteiger partial charge is 0.494 e. The van der Waals surface area contributed by atoms with Crippen molar-refractivity contribution < 1.29 is 14.3 Å². The van der Waals surface area contributed by atoms with Gasteiger partial charge >= 0.3 is 0 Å². The van der Waals surface area contributed by atoms with E-state index in [9.17, 15) is 9.59 Å². The van der Waals surface area contributed by atoms with Crippen LogP contribution in [0.5, 0.6) is 5.75 Å². The first kappa shape index (κ1) is 21.7. The lowest BCUT2D eigenvalue weighted by molar-refractivity contribution is -0.117. The van der Waals surface area contributed by atoms with E-state index in [1.807, 2.05) is 26.2 Å². The van der Waals surface area contributed by atoms with Crippen molar-refractivity contribution in [3.63, 3.8) is 0 Å². The minimum absolute atomic E-state index is 0.304. The molecule has 0 fully saturated rings. The molecule has 0 aliphatic rings. The van der Waals surface area contributed by atoms with Crippen LogP contribution < -0.4 is 15.4 Å². The second-order valence-corrected chi connectivity index (χ2v) is 7.16. The smallest absolute Gasteiger partial charge is 0.251 e. The number of amides is 2. The summed E-state index contributed by atoms with van der Waals surface area (Å²) in [6.07, 6.45) is 0.941. The number of rotatable bonds is 9. The lowest BCUT2D eigenvalue weighted by Gasteiger charge is -2.15. The lowest BCUT2D eigenvalue weighted by atomic mass is 10.2. The molecule has 0 aromatic heterocycles. The van der Waals surface area contributed by atoms with Gasteiger partial charge in [-0.05, 0) is 76.0 Å². The third-order valence-corrected chi connectivity index (χ3v) is 4.24. The van der Waals surface area contributed by atoms with Crippen LogP contribution in [0.25, 0.3) is 0 Å². The molecule has 2 aromatic carbocycles. The van der Waals surface area contributed by atoms with Crippen molar-refractivity contribution in [1.82, 2.24) is 10.2 Å². The monoisotopic (exact) mass is 403 g/mol. The molecule has 28 heavy (non-hydrogen) atoms.